The molecule has 0 amide bonds. The van der Waals surface area contributed by atoms with Gasteiger partial charge in [-0.1, -0.05) is 31.9 Å². The van der Waals surface area contributed by atoms with Crippen LogP contribution < -0.4 is 5.73 Å². The van der Waals surface area contributed by atoms with Gasteiger partial charge < -0.3 is 5.73 Å². The van der Waals surface area contributed by atoms with Gasteiger partial charge in [-0.15, -0.1) is 0 Å². The van der Waals surface area contributed by atoms with Crippen molar-refractivity contribution in [1.29, 1.82) is 0 Å². The summed E-state index contributed by atoms with van der Waals surface area (Å²) in [5.41, 5.74) is 8.04. The molecule has 98 valence electrons. The largest absolute Gasteiger partial charge is 0.323 e. The molecule has 1 fully saturated rings. The van der Waals surface area contributed by atoms with Gasteiger partial charge in [-0.3, -0.25) is 0 Å². The second-order valence-electron chi connectivity index (χ2n) is 5.32. The lowest BCUT2D eigenvalue weighted by Crippen LogP contribution is -2.41. The van der Waals surface area contributed by atoms with Crippen LogP contribution in [0.1, 0.15) is 46.0 Å². The Morgan fingerprint density at radius 2 is 2.06 bits per heavy atom. The van der Waals surface area contributed by atoms with Crippen LogP contribution >= 0.6 is 23.5 Å². The Morgan fingerprint density at radius 1 is 1.24 bits per heavy atom. The summed E-state index contributed by atoms with van der Waals surface area (Å²) in [7, 11) is 0. The monoisotopic (exact) mass is 271 g/mol. The van der Waals surface area contributed by atoms with Crippen molar-refractivity contribution < 1.29 is 0 Å². The molecule has 2 N–H and O–H groups in total. The maximum Gasteiger partial charge on any atom is 0.0382 e. The molecule has 4 atom stereocenters. The molecule has 2 rings (SSSR count). The molecule has 0 spiro atoms. The first-order valence-electron chi connectivity index (χ1n) is 6.90. The van der Waals surface area contributed by atoms with Crippen molar-refractivity contribution in [2.24, 2.45) is 5.73 Å². The van der Waals surface area contributed by atoms with Crippen molar-refractivity contribution in [2.45, 2.75) is 67.7 Å². The van der Waals surface area contributed by atoms with Gasteiger partial charge in [0.2, 0.25) is 0 Å². The first kappa shape index (κ1) is 13.8. The summed E-state index contributed by atoms with van der Waals surface area (Å²) in [6.07, 6.45) is 9.01. The van der Waals surface area contributed by atoms with Gasteiger partial charge in [-0.25, -0.2) is 0 Å². The molecule has 0 radical (unpaired) electrons. The second kappa shape index (κ2) is 6.53. The molecule has 0 aromatic carbocycles. The number of hydrogen-bond donors (Lipinski definition) is 1. The van der Waals surface area contributed by atoms with Crippen molar-refractivity contribution >= 4 is 23.5 Å². The standard InChI is InChI=1S/C14H25NS2/c1-10-11(2)17-13(9-16-10)14(15)12-7-5-3-4-6-8-12/h7,10-11,13-14H,3-6,8-9,15H2,1-2H3. The molecule has 2 aliphatic rings. The zero-order valence-electron chi connectivity index (χ0n) is 11.0. The number of nitrogens with two attached hydrogens (primary N) is 1. The van der Waals surface area contributed by atoms with Crippen LogP contribution in [0, 0.1) is 0 Å². The van der Waals surface area contributed by atoms with Gasteiger partial charge >= 0.3 is 0 Å². The first-order valence-corrected chi connectivity index (χ1v) is 8.89. The van der Waals surface area contributed by atoms with Crippen LogP contribution in [0.2, 0.25) is 0 Å². The average molecular weight is 271 g/mol. The molecule has 4 unspecified atom stereocenters. The van der Waals surface area contributed by atoms with E-state index in [4.69, 9.17) is 5.73 Å². The molecular weight excluding hydrogens is 246 g/mol. The van der Waals surface area contributed by atoms with Crippen molar-refractivity contribution in [3.05, 3.63) is 11.6 Å². The van der Waals surface area contributed by atoms with Crippen LogP contribution in [-0.2, 0) is 0 Å². The molecule has 3 heteroatoms. The Bertz CT molecular complexity index is 277. The van der Waals surface area contributed by atoms with E-state index in [-0.39, 0.29) is 0 Å². The van der Waals surface area contributed by atoms with Gasteiger partial charge in [0.25, 0.3) is 0 Å². The lowest BCUT2D eigenvalue weighted by atomic mass is 10.0. The van der Waals surface area contributed by atoms with Gasteiger partial charge in [0, 0.05) is 27.5 Å². The fourth-order valence-electron chi connectivity index (χ4n) is 2.58. The molecule has 0 aromatic rings. The van der Waals surface area contributed by atoms with Crippen molar-refractivity contribution in [3.8, 4) is 0 Å². The van der Waals surface area contributed by atoms with Gasteiger partial charge in [-0.2, -0.15) is 23.5 Å². The topological polar surface area (TPSA) is 26.0 Å². The maximum absolute atomic E-state index is 6.50. The van der Waals surface area contributed by atoms with Crippen molar-refractivity contribution in [3.63, 3.8) is 0 Å². The van der Waals surface area contributed by atoms with Gasteiger partial charge in [0.1, 0.15) is 0 Å². The number of allylic oxidation sites excluding steroid dienone is 1. The van der Waals surface area contributed by atoms with E-state index in [1.54, 1.807) is 5.57 Å². The lowest BCUT2D eigenvalue weighted by molar-refractivity contribution is 0.668. The highest BCUT2D eigenvalue weighted by Gasteiger charge is 2.30. The third-order valence-electron chi connectivity index (χ3n) is 3.98. The van der Waals surface area contributed by atoms with Crippen molar-refractivity contribution in [1.82, 2.24) is 0 Å². The minimum Gasteiger partial charge on any atom is -0.323 e. The minimum atomic E-state index is 0.306. The predicted octanol–water partition coefficient (Wildman–Crippen LogP) is 3.83. The molecule has 1 aliphatic heterocycles. The van der Waals surface area contributed by atoms with E-state index in [2.05, 4.69) is 43.4 Å². The predicted molar refractivity (Wildman–Crippen MR) is 81.9 cm³/mol. The normalized spacial score (nSPS) is 37.1. The van der Waals surface area contributed by atoms with Crippen LogP contribution in [0.3, 0.4) is 0 Å². The molecule has 1 nitrogen and oxygen atoms in total. The molecule has 1 aliphatic carbocycles. The van der Waals surface area contributed by atoms with Crippen LogP contribution in [0.15, 0.2) is 11.6 Å². The van der Waals surface area contributed by atoms with Crippen LogP contribution in [-0.4, -0.2) is 27.5 Å². The number of rotatable bonds is 2. The summed E-state index contributed by atoms with van der Waals surface area (Å²) in [5, 5.41) is 2.17. The molecule has 1 heterocycles. The summed E-state index contributed by atoms with van der Waals surface area (Å²) >= 11 is 4.22. The molecule has 0 saturated carbocycles. The lowest BCUT2D eigenvalue weighted by Gasteiger charge is -2.35. The minimum absolute atomic E-state index is 0.306. The Hall–Kier alpha value is 0.400. The number of hydrogen-bond acceptors (Lipinski definition) is 3. The van der Waals surface area contributed by atoms with E-state index in [0.29, 0.717) is 11.3 Å². The molecule has 0 aromatic heterocycles. The second-order valence-corrected chi connectivity index (χ2v) is 8.35. The fourth-order valence-corrected chi connectivity index (χ4v) is 5.64. The highest BCUT2D eigenvalue weighted by atomic mass is 32.2. The van der Waals surface area contributed by atoms with Crippen LogP contribution in [0.4, 0.5) is 0 Å². The highest BCUT2D eigenvalue weighted by molar-refractivity contribution is 8.07. The van der Waals surface area contributed by atoms with E-state index in [9.17, 15) is 0 Å². The van der Waals surface area contributed by atoms with E-state index < -0.39 is 0 Å². The third-order valence-corrected chi connectivity index (χ3v) is 7.49. The summed E-state index contributed by atoms with van der Waals surface area (Å²) in [5.74, 6) is 1.23. The van der Waals surface area contributed by atoms with E-state index in [1.807, 2.05) is 0 Å². The zero-order chi connectivity index (χ0) is 12.3. The Labute approximate surface area is 114 Å². The molecule has 1 saturated heterocycles. The maximum atomic E-state index is 6.50. The molecular formula is C14H25NS2. The van der Waals surface area contributed by atoms with E-state index in [1.165, 1.54) is 37.9 Å². The first-order chi connectivity index (χ1) is 8.18. The Balaban J connectivity index is 1.94. The van der Waals surface area contributed by atoms with Crippen molar-refractivity contribution in [2.75, 3.05) is 5.75 Å². The van der Waals surface area contributed by atoms with Gasteiger partial charge in [0.15, 0.2) is 0 Å². The van der Waals surface area contributed by atoms with E-state index in [0.717, 1.165) is 10.5 Å². The average Bonchev–Trinajstić information content (AvgIpc) is 2.60. The Kier molecular flexibility index (Phi) is 5.31. The van der Waals surface area contributed by atoms with Crippen LogP contribution in [0.5, 0.6) is 0 Å². The quantitative estimate of drug-likeness (QED) is 0.773. The van der Waals surface area contributed by atoms with Gasteiger partial charge in [0.05, 0.1) is 0 Å². The highest BCUT2D eigenvalue weighted by Crippen LogP contribution is 2.38. The van der Waals surface area contributed by atoms with E-state index >= 15 is 0 Å². The molecule has 17 heavy (non-hydrogen) atoms. The number of thioether (sulfide) groups is 2. The molecule has 0 bridgehead atoms. The smallest absolute Gasteiger partial charge is 0.0382 e. The SMILES string of the molecule is CC1SCC(C(N)C2=CCCCCC2)SC1C. The third kappa shape index (κ3) is 3.68. The summed E-state index contributed by atoms with van der Waals surface area (Å²) in [6.45, 7) is 4.69. The van der Waals surface area contributed by atoms with Crippen LogP contribution in [0.25, 0.3) is 0 Å². The summed E-state index contributed by atoms with van der Waals surface area (Å²) in [6, 6.07) is 0.306. The van der Waals surface area contributed by atoms with Gasteiger partial charge in [-0.05, 0) is 25.7 Å². The Morgan fingerprint density at radius 3 is 2.82 bits per heavy atom. The summed E-state index contributed by atoms with van der Waals surface area (Å²) in [4.78, 5) is 0. The zero-order valence-corrected chi connectivity index (χ0v) is 12.7. The fraction of sp³-hybridized carbons (Fsp3) is 0.857. The summed E-state index contributed by atoms with van der Waals surface area (Å²) < 4.78 is 0.